The van der Waals surface area contributed by atoms with Crippen molar-refractivity contribution in [2.45, 2.75) is 0 Å². The lowest BCUT2D eigenvalue weighted by atomic mass is 10.0. The normalized spacial score (nSPS) is 11.7. The number of nitrogens with one attached hydrogen (secondary N) is 1. The average Bonchev–Trinajstić information content (AvgIpc) is 3.73. The van der Waals surface area contributed by atoms with Gasteiger partial charge in [-0.05, 0) is 76.0 Å². The highest BCUT2D eigenvalue weighted by molar-refractivity contribution is 7.25. The summed E-state index contributed by atoms with van der Waals surface area (Å²) in [4.78, 5) is 6.07. The smallest absolute Gasteiger partial charge is 0.0544 e. The van der Waals surface area contributed by atoms with E-state index in [-0.39, 0.29) is 0 Å². The summed E-state index contributed by atoms with van der Waals surface area (Å²) in [6.07, 6.45) is 0. The summed E-state index contributed by atoms with van der Waals surface area (Å²) >= 11 is 1.87. The SMILES string of the molecule is c1ccc(-c2ccc(N(c3ccc4ccccc4c3)c3ccc4c(c3)sc3cc(-c5cccc6c5[nH]c5ccccc56)ccc34)cc2)cc1. The van der Waals surface area contributed by atoms with Gasteiger partial charge in [0, 0.05) is 59.1 Å². The van der Waals surface area contributed by atoms with Gasteiger partial charge in [0.1, 0.15) is 0 Å². The first-order chi connectivity index (χ1) is 24.3. The molecule has 0 bridgehead atoms. The van der Waals surface area contributed by atoms with Crippen molar-refractivity contribution < 1.29 is 0 Å². The van der Waals surface area contributed by atoms with Crippen molar-refractivity contribution >= 4 is 81.1 Å². The highest BCUT2D eigenvalue weighted by atomic mass is 32.1. The van der Waals surface area contributed by atoms with Gasteiger partial charge < -0.3 is 9.88 Å². The van der Waals surface area contributed by atoms with Crippen LogP contribution < -0.4 is 4.90 Å². The first kappa shape index (κ1) is 27.9. The minimum absolute atomic E-state index is 1.13. The molecule has 0 saturated carbocycles. The Labute approximate surface area is 288 Å². The zero-order chi connectivity index (χ0) is 32.3. The zero-order valence-corrected chi connectivity index (χ0v) is 27.4. The number of fused-ring (bicyclic) bond motifs is 7. The van der Waals surface area contributed by atoms with Crippen LogP contribution in [0.1, 0.15) is 0 Å². The molecule has 0 radical (unpaired) electrons. The van der Waals surface area contributed by atoms with Crippen LogP contribution in [0.15, 0.2) is 176 Å². The van der Waals surface area contributed by atoms with Crippen LogP contribution in [-0.4, -0.2) is 4.98 Å². The predicted octanol–water partition coefficient (Wildman–Crippen LogP) is 13.6. The van der Waals surface area contributed by atoms with Gasteiger partial charge in [0.15, 0.2) is 0 Å². The molecule has 0 spiro atoms. The molecule has 2 heterocycles. The molecule has 10 rings (SSSR count). The molecule has 10 aromatic rings. The van der Waals surface area contributed by atoms with Gasteiger partial charge >= 0.3 is 0 Å². The molecular weight excluding hydrogens is 613 g/mol. The van der Waals surface area contributed by atoms with Gasteiger partial charge in [-0.25, -0.2) is 0 Å². The monoisotopic (exact) mass is 642 g/mol. The number of aromatic amines is 1. The maximum Gasteiger partial charge on any atom is 0.0544 e. The van der Waals surface area contributed by atoms with Crippen molar-refractivity contribution in [1.29, 1.82) is 0 Å². The summed E-state index contributed by atoms with van der Waals surface area (Å²) < 4.78 is 2.57. The Kier molecular flexibility index (Phi) is 6.39. The van der Waals surface area contributed by atoms with Crippen molar-refractivity contribution in [3.05, 3.63) is 176 Å². The number of nitrogens with zero attached hydrogens (tertiary/aromatic N) is 1. The summed E-state index contributed by atoms with van der Waals surface area (Å²) in [6, 6.07) is 63.9. The quantitative estimate of drug-likeness (QED) is 0.198. The average molecular weight is 643 g/mol. The summed E-state index contributed by atoms with van der Waals surface area (Å²) in [5, 5.41) is 7.58. The molecule has 0 aliphatic heterocycles. The molecule has 8 aromatic carbocycles. The van der Waals surface area contributed by atoms with Crippen LogP contribution >= 0.6 is 11.3 Å². The number of aromatic nitrogens is 1. The standard InChI is InChI=1S/C46H30N2S/c1-2-9-30(10-3-1)32-17-21-35(22-18-32)48(36-23-19-31-11-4-5-12-33(31)27-36)37-24-26-41-40-25-20-34(28-44(40)49-45(41)29-37)38-14-8-15-42-39-13-6-7-16-43(39)47-46(38)42/h1-29,47H. The molecule has 0 atom stereocenters. The van der Waals surface area contributed by atoms with E-state index in [0.717, 1.165) is 17.1 Å². The van der Waals surface area contributed by atoms with Gasteiger partial charge in [0.25, 0.3) is 0 Å². The predicted molar refractivity (Wildman–Crippen MR) is 212 cm³/mol. The third-order valence-corrected chi connectivity index (χ3v) is 10.9. The number of anilines is 3. The minimum atomic E-state index is 1.13. The molecule has 1 N–H and O–H groups in total. The van der Waals surface area contributed by atoms with Gasteiger partial charge in [-0.15, -0.1) is 11.3 Å². The van der Waals surface area contributed by atoms with E-state index in [0.29, 0.717) is 0 Å². The summed E-state index contributed by atoms with van der Waals surface area (Å²) in [6.45, 7) is 0. The molecule has 0 fully saturated rings. The lowest BCUT2D eigenvalue weighted by molar-refractivity contribution is 1.30. The molecule has 0 aliphatic carbocycles. The Bertz CT molecular complexity index is 2830. The molecule has 2 aromatic heterocycles. The minimum Gasteiger partial charge on any atom is -0.354 e. The second-order valence-corrected chi connectivity index (χ2v) is 13.8. The molecule has 230 valence electrons. The number of thiophene rings is 1. The summed E-state index contributed by atoms with van der Waals surface area (Å²) in [5.74, 6) is 0. The second kappa shape index (κ2) is 11.2. The van der Waals surface area contributed by atoms with Crippen molar-refractivity contribution in [3.8, 4) is 22.3 Å². The van der Waals surface area contributed by atoms with Crippen LogP contribution in [0.5, 0.6) is 0 Å². The topological polar surface area (TPSA) is 19.0 Å². The van der Waals surface area contributed by atoms with Crippen LogP contribution in [-0.2, 0) is 0 Å². The number of benzene rings is 8. The molecule has 0 saturated heterocycles. The molecule has 2 nitrogen and oxygen atoms in total. The molecule has 0 aliphatic rings. The number of hydrogen-bond acceptors (Lipinski definition) is 2. The Morgan fingerprint density at radius 1 is 0.388 bits per heavy atom. The first-order valence-corrected chi connectivity index (χ1v) is 17.5. The van der Waals surface area contributed by atoms with Gasteiger partial charge in [0.05, 0.1) is 5.52 Å². The highest BCUT2D eigenvalue weighted by Crippen LogP contribution is 2.43. The summed E-state index contributed by atoms with van der Waals surface area (Å²) in [7, 11) is 0. The number of para-hydroxylation sites is 2. The molecule has 0 amide bonds. The first-order valence-electron chi connectivity index (χ1n) is 16.7. The van der Waals surface area contributed by atoms with Crippen molar-refractivity contribution in [2.75, 3.05) is 4.90 Å². The number of H-pyrrole nitrogens is 1. The van der Waals surface area contributed by atoms with Gasteiger partial charge in [-0.2, -0.15) is 0 Å². The fourth-order valence-electron chi connectivity index (χ4n) is 7.38. The zero-order valence-electron chi connectivity index (χ0n) is 26.6. The lowest BCUT2D eigenvalue weighted by Gasteiger charge is -2.26. The second-order valence-electron chi connectivity index (χ2n) is 12.7. The fourth-order valence-corrected chi connectivity index (χ4v) is 8.56. The van der Waals surface area contributed by atoms with Crippen molar-refractivity contribution in [2.24, 2.45) is 0 Å². The largest absolute Gasteiger partial charge is 0.354 e. The van der Waals surface area contributed by atoms with E-state index in [4.69, 9.17) is 0 Å². The van der Waals surface area contributed by atoms with E-state index < -0.39 is 0 Å². The maximum atomic E-state index is 3.69. The number of rotatable bonds is 5. The molecule has 0 unspecified atom stereocenters. The van der Waals surface area contributed by atoms with Crippen LogP contribution in [0.3, 0.4) is 0 Å². The van der Waals surface area contributed by atoms with Crippen LogP contribution in [0.4, 0.5) is 17.1 Å². The van der Waals surface area contributed by atoms with E-state index >= 15 is 0 Å². The maximum absolute atomic E-state index is 3.69. The third-order valence-electron chi connectivity index (χ3n) is 9.79. The van der Waals surface area contributed by atoms with Crippen LogP contribution in [0.25, 0.3) is 75.0 Å². The fraction of sp³-hybridized carbons (Fsp3) is 0. The van der Waals surface area contributed by atoms with Gasteiger partial charge in [0.2, 0.25) is 0 Å². The summed E-state index contributed by atoms with van der Waals surface area (Å²) in [5.41, 5.74) is 10.7. The number of hydrogen-bond donors (Lipinski definition) is 1. The van der Waals surface area contributed by atoms with Gasteiger partial charge in [-0.1, -0.05) is 127 Å². The Morgan fingerprint density at radius 3 is 1.90 bits per heavy atom. The Morgan fingerprint density at radius 2 is 1.02 bits per heavy atom. The van der Waals surface area contributed by atoms with E-state index in [2.05, 4.69) is 186 Å². The Hall–Kier alpha value is -6.16. The lowest BCUT2D eigenvalue weighted by Crippen LogP contribution is -2.09. The van der Waals surface area contributed by atoms with E-state index in [1.54, 1.807) is 0 Å². The van der Waals surface area contributed by atoms with Crippen molar-refractivity contribution in [3.63, 3.8) is 0 Å². The van der Waals surface area contributed by atoms with Crippen LogP contribution in [0, 0.1) is 0 Å². The van der Waals surface area contributed by atoms with Crippen molar-refractivity contribution in [1.82, 2.24) is 4.98 Å². The van der Waals surface area contributed by atoms with Gasteiger partial charge in [-0.3, -0.25) is 0 Å². The van der Waals surface area contributed by atoms with E-state index in [1.165, 1.54) is 75.0 Å². The molecule has 49 heavy (non-hydrogen) atoms. The Balaban J connectivity index is 1.10. The van der Waals surface area contributed by atoms with E-state index in [9.17, 15) is 0 Å². The highest BCUT2D eigenvalue weighted by Gasteiger charge is 2.17. The van der Waals surface area contributed by atoms with E-state index in [1.807, 2.05) is 11.3 Å². The molecule has 3 heteroatoms. The van der Waals surface area contributed by atoms with Crippen LogP contribution in [0.2, 0.25) is 0 Å². The molecular formula is C46H30N2S. The third kappa shape index (κ3) is 4.70.